The summed E-state index contributed by atoms with van der Waals surface area (Å²) in [6.45, 7) is 2.77. The molecule has 1 aromatic rings. The van der Waals surface area contributed by atoms with E-state index in [0.717, 1.165) is 10.6 Å². The normalized spacial score (nSPS) is 18.1. The van der Waals surface area contributed by atoms with E-state index in [-0.39, 0.29) is 19.0 Å². The number of aliphatic imine (C=N–C) groups is 1. The van der Waals surface area contributed by atoms with E-state index in [0.29, 0.717) is 36.2 Å². The molecule has 0 amide bonds. The molecule has 0 atom stereocenters. The number of nitrogens with one attached hydrogen (secondary N) is 2. The van der Waals surface area contributed by atoms with Gasteiger partial charge in [0.15, 0.2) is 5.96 Å². The van der Waals surface area contributed by atoms with E-state index >= 15 is 0 Å². The number of rotatable bonds is 5. The highest BCUT2D eigenvalue weighted by molar-refractivity contribution is 7.90. The highest BCUT2D eigenvalue weighted by Crippen LogP contribution is 2.30. The lowest BCUT2D eigenvalue weighted by molar-refractivity contribution is -0.0496. The van der Waals surface area contributed by atoms with Gasteiger partial charge in [0.2, 0.25) is 0 Å². The summed E-state index contributed by atoms with van der Waals surface area (Å²) in [4.78, 5) is 9.38. The molecule has 0 bridgehead atoms. The zero-order chi connectivity index (χ0) is 19.4. The van der Waals surface area contributed by atoms with Crippen LogP contribution in [0.25, 0.3) is 0 Å². The highest BCUT2D eigenvalue weighted by Gasteiger charge is 2.50. The Morgan fingerprint density at radius 3 is 2.54 bits per heavy atom. The van der Waals surface area contributed by atoms with Gasteiger partial charge in [0.1, 0.15) is 0 Å². The van der Waals surface area contributed by atoms with Gasteiger partial charge in [0.05, 0.1) is 17.7 Å². The Kier molecular flexibility index (Phi) is 6.86. The van der Waals surface area contributed by atoms with Gasteiger partial charge >= 0.3 is 15.5 Å². The minimum Gasteiger partial charge on any atom is -0.356 e. The molecule has 1 aliphatic heterocycles. The van der Waals surface area contributed by atoms with Gasteiger partial charge in [-0.1, -0.05) is 0 Å². The average molecular weight is 413 g/mol. The largest absolute Gasteiger partial charge is 0.511 e. The van der Waals surface area contributed by atoms with Crippen LogP contribution >= 0.6 is 11.3 Å². The van der Waals surface area contributed by atoms with Crippen LogP contribution in [0.5, 0.6) is 0 Å². The number of thiazole rings is 1. The molecule has 0 unspecified atom stereocenters. The van der Waals surface area contributed by atoms with Crippen molar-refractivity contribution in [1.82, 2.24) is 19.9 Å². The molecule has 1 aromatic heterocycles. The predicted octanol–water partition coefficient (Wildman–Crippen LogP) is 1.68. The van der Waals surface area contributed by atoms with Crippen molar-refractivity contribution in [2.24, 2.45) is 10.9 Å². The second kappa shape index (κ2) is 8.53. The third-order valence-corrected chi connectivity index (χ3v) is 6.81. The topological polar surface area (TPSA) is 86.7 Å². The number of sulfonamides is 1. The first kappa shape index (κ1) is 20.9. The third-order valence-electron chi connectivity index (χ3n) is 4.25. The van der Waals surface area contributed by atoms with Gasteiger partial charge in [-0.05, 0) is 25.7 Å². The van der Waals surface area contributed by atoms with Gasteiger partial charge in [-0.25, -0.2) is 13.4 Å². The lowest BCUT2D eigenvalue weighted by Crippen LogP contribution is -2.47. The number of halogens is 3. The van der Waals surface area contributed by atoms with Gasteiger partial charge in [-0.3, -0.25) is 4.99 Å². The molecule has 26 heavy (non-hydrogen) atoms. The van der Waals surface area contributed by atoms with E-state index in [1.807, 2.05) is 6.92 Å². The summed E-state index contributed by atoms with van der Waals surface area (Å²) < 4.78 is 61.0. The maximum Gasteiger partial charge on any atom is 0.511 e. The summed E-state index contributed by atoms with van der Waals surface area (Å²) >= 11 is 1.54. The van der Waals surface area contributed by atoms with Crippen LogP contribution < -0.4 is 10.6 Å². The van der Waals surface area contributed by atoms with Crippen LogP contribution in [0.15, 0.2) is 10.5 Å². The van der Waals surface area contributed by atoms with E-state index in [4.69, 9.17) is 0 Å². The van der Waals surface area contributed by atoms with Crippen LogP contribution in [-0.2, 0) is 16.6 Å². The Labute approximate surface area is 154 Å². The molecule has 12 heteroatoms. The van der Waals surface area contributed by atoms with E-state index in [1.165, 1.54) is 0 Å². The molecule has 2 N–H and O–H groups in total. The van der Waals surface area contributed by atoms with Crippen molar-refractivity contribution in [2.45, 2.75) is 31.8 Å². The zero-order valence-electron chi connectivity index (χ0n) is 14.5. The van der Waals surface area contributed by atoms with E-state index in [1.54, 1.807) is 23.9 Å². The maximum absolute atomic E-state index is 12.6. The van der Waals surface area contributed by atoms with Crippen molar-refractivity contribution in [1.29, 1.82) is 0 Å². The summed E-state index contributed by atoms with van der Waals surface area (Å²) in [6, 6.07) is 0. The standard InChI is InChI=1S/C14H22F3N5O2S2/c1-10-12(25-9-21-10)8-20-13(18-2)19-7-11-3-5-22(6-4-11)26(23,24)14(15,16)17/h9,11H,3-8H2,1-2H3,(H2,18,19,20). The zero-order valence-corrected chi connectivity index (χ0v) is 16.1. The van der Waals surface area contributed by atoms with Crippen LogP contribution in [0, 0.1) is 12.8 Å². The van der Waals surface area contributed by atoms with Crippen molar-refractivity contribution in [3.8, 4) is 0 Å². The smallest absolute Gasteiger partial charge is 0.356 e. The molecule has 0 saturated carbocycles. The summed E-state index contributed by atoms with van der Waals surface area (Å²) in [6.07, 6.45) is 0.737. The lowest BCUT2D eigenvalue weighted by Gasteiger charge is -2.31. The Hall–Kier alpha value is -1.40. The van der Waals surface area contributed by atoms with E-state index < -0.39 is 15.5 Å². The molecule has 1 aliphatic rings. The van der Waals surface area contributed by atoms with Gasteiger partial charge < -0.3 is 10.6 Å². The molecular weight excluding hydrogens is 391 g/mol. The number of guanidine groups is 1. The van der Waals surface area contributed by atoms with E-state index in [2.05, 4.69) is 20.6 Å². The first-order valence-electron chi connectivity index (χ1n) is 8.05. The fraction of sp³-hybridized carbons (Fsp3) is 0.714. The Bertz CT molecular complexity index is 725. The fourth-order valence-corrected chi connectivity index (χ4v) is 4.32. The van der Waals surface area contributed by atoms with Crippen molar-refractivity contribution < 1.29 is 21.6 Å². The van der Waals surface area contributed by atoms with Crippen LogP contribution in [-0.4, -0.2) is 55.9 Å². The fourth-order valence-electron chi connectivity index (χ4n) is 2.62. The minimum absolute atomic E-state index is 0.0818. The molecule has 0 spiro atoms. The minimum atomic E-state index is -5.24. The average Bonchev–Trinajstić information content (AvgIpc) is 2.99. The van der Waals surface area contributed by atoms with Gasteiger partial charge in [0.25, 0.3) is 0 Å². The SMILES string of the molecule is CN=C(NCc1scnc1C)NCC1CCN(S(=O)(=O)C(F)(F)F)CC1. The molecule has 2 heterocycles. The van der Waals surface area contributed by atoms with Crippen molar-refractivity contribution in [2.75, 3.05) is 26.7 Å². The second-order valence-electron chi connectivity index (χ2n) is 5.96. The van der Waals surface area contributed by atoms with Crippen LogP contribution in [0.4, 0.5) is 13.2 Å². The summed E-state index contributed by atoms with van der Waals surface area (Å²) in [7, 11) is -3.59. The third kappa shape index (κ3) is 5.07. The highest BCUT2D eigenvalue weighted by atomic mass is 32.2. The number of hydrogen-bond acceptors (Lipinski definition) is 5. The lowest BCUT2D eigenvalue weighted by atomic mass is 9.98. The molecule has 0 aromatic carbocycles. The number of aromatic nitrogens is 1. The quantitative estimate of drug-likeness (QED) is 0.567. The summed E-state index contributed by atoms with van der Waals surface area (Å²) in [5, 5.41) is 6.30. The molecule has 0 radical (unpaired) electrons. The first-order valence-corrected chi connectivity index (χ1v) is 10.4. The summed E-state index contributed by atoms with van der Waals surface area (Å²) in [5.41, 5.74) is -2.51. The molecule has 148 valence electrons. The number of hydrogen-bond donors (Lipinski definition) is 2. The Morgan fingerprint density at radius 2 is 2.04 bits per heavy atom. The number of aryl methyl sites for hydroxylation is 1. The van der Waals surface area contributed by atoms with Crippen LogP contribution in [0.3, 0.4) is 0 Å². The molecule has 0 aliphatic carbocycles. The molecule has 7 nitrogen and oxygen atoms in total. The van der Waals surface area contributed by atoms with Crippen LogP contribution in [0.1, 0.15) is 23.4 Å². The van der Waals surface area contributed by atoms with Gasteiger partial charge in [-0.15, -0.1) is 11.3 Å². The van der Waals surface area contributed by atoms with Gasteiger partial charge in [0, 0.05) is 31.6 Å². The van der Waals surface area contributed by atoms with Crippen LogP contribution in [0.2, 0.25) is 0 Å². The molecule has 1 saturated heterocycles. The predicted molar refractivity (Wildman–Crippen MR) is 94.3 cm³/mol. The Balaban J connectivity index is 1.77. The number of nitrogens with zero attached hydrogens (tertiary/aromatic N) is 3. The number of piperidine rings is 1. The monoisotopic (exact) mass is 413 g/mol. The van der Waals surface area contributed by atoms with Crippen molar-refractivity contribution >= 4 is 27.3 Å². The van der Waals surface area contributed by atoms with Crippen molar-refractivity contribution in [3.63, 3.8) is 0 Å². The van der Waals surface area contributed by atoms with E-state index in [9.17, 15) is 21.6 Å². The maximum atomic E-state index is 12.6. The number of alkyl halides is 3. The molecule has 1 fully saturated rings. The second-order valence-corrected chi connectivity index (χ2v) is 8.83. The molecule has 2 rings (SSSR count). The van der Waals surface area contributed by atoms with Crippen molar-refractivity contribution in [3.05, 3.63) is 16.1 Å². The summed E-state index contributed by atoms with van der Waals surface area (Å²) in [5.74, 6) is 0.668. The Morgan fingerprint density at radius 1 is 1.38 bits per heavy atom. The first-order chi connectivity index (χ1) is 12.1. The molecular formula is C14H22F3N5O2S2. The van der Waals surface area contributed by atoms with Gasteiger partial charge in [-0.2, -0.15) is 17.5 Å².